The van der Waals surface area contributed by atoms with Crippen LogP contribution in [-0.2, 0) is 11.3 Å². The second-order valence-electron chi connectivity index (χ2n) is 7.13. The lowest BCUT2D eigenvalue weighted by Gasteiger charge is -2.11. The van der Waals surface area contributed by atoms with Gasteiger partial charge in [-0.1, -0.05) is 36.0 Å². The van der Waals surface area contributed by atoms with Crippen LogP contribution in [-0.4, -0.2) is 15.7 Å². The van der Waals surface area contributed by atoms with Gasteiger partial charge in [0.15, 0.2) is 0 Å². The Morgan fingerprint density at radius 2 is 1.80 bits per heavy atom. The van der Waals surface area contributed by atoms with Crippen molar-refractivity contribution in [2.24, 2.45) is 0 Å². The van der Waals surface area contributed by atoms with Gasteiger partial charge in [0.05, 0.1) is 11.7 Å². The third-order valence-corrected chi connectivity index (χ3v) is 5.93. The van der Waals surface area contributed by atoms with E-state index in [9.17, 15) is 9.59 Å². The maximum atomic E-state index is 12.5. The number of nitrogens with one attached hydrogen (secondary N) is 1. The molecule has 0 spiro atoms. The number of hydrogen-bond donors (Lipinski definition) is 1. The summed E-state index contributed by atoms with van der Waals surface area (Å²) in [5, 5.41) is 7.55. The Bertz CT molecular complexity index is 1280. The number of para-hydroxylation sites is 1. The minimum atomic E-state index is -0.203. The first-order valence-electron chi connectivity index (χ1n) is 9.59. The molecule has 1 aromatic heterocycles. The summed E-state index contributed by atoms with van der Waals surface area (Å²) in [6, 6.07) is 21.3. The number of benzene rings is 3. The van der Waals surface area contributed by atoms with Crippen molar-refractivity contribution < 1.29 is 4.79 Å². The average Bonchev–Trinajstić information content (AvgIpc) is 2.74. The molecule has 5 nitrogen and oxygen atoms in total. The fourth-order valence-corrected chi connectivity index (χ4v) is 4.17. The fourth-order valence-electron chi connectivity index (χ4n) is 3.17. The molecule has 0 atom stereocenters. The molecule has 0 radical (unpaired) electrons. The van der Waals surface area contributed by atoms with Gasteiger partial charge in [0.25, 0.3) is 0 Å². The van der Waals surface area contributed by atoms with Gasteiger partial charge in [-0.05, 0) is 67.4 Å². The molecule has 0 unspecified atom stereocenters. The highest BCUT2D eigenvalue weighted by Gasteiger charge is 2.09. The quantitative estimate of drug-likeness (QED) is 0.508. The number of anilines is 1. The minimum absolute atomic E-state index is 0.0276. The number of rotatable bonds is 5. The van der Waals surface area contributed by atoms with E-state index in [0.29, 0.717) is 10.9 Å². The van der Waals surface area contributed by atoms with Crippen LogP contribution in [0.25, 0.3) is 10.9 Å². The van der Waals surface area contributed by atoms with Crippen LogP contribution in [0.3, 0.4) is 0 Å². The van der Waals surface area contributed by atoms with Crippen molar-refractivity contribution in [2.45, 2.75) is 30.2 Å². The zero-order valence-corrected chi connectivity index (χ0v) is 17.6. The number of nitrogens with zero attached hydrogens (tertiary/aromatic N) is 2. The number of fused-ring (bicyclic) bond motifs is 1. The number of carbonyl (C=O) groups is 1. The zero-order chi connectivity index (χ0) is 21.1. The molecule has 0 aliphatic rings. The summed E-state index contributed by atoms with van der Waals surface area (Å²) < 4.78 is 1.54. The average molecular weight is 416 g/mol. The van der Waals surface area contributed by atoms with Gasteiger partial charge >= 0.3 is 0 Å². The molecule has 3 aromatic carbocycles. The molecular weight excluding hydrogens is 394 g/mol. The largest absolute Gasteiger partial charge is 0.324 e. The smallest absolute Gasteiger partial charge is 0.246 e. The molecular formula is C24H21N3O2S. The van der Waals surface area contributed by atoms with E-state index >= 15 is 0 Å². The van der Waals surface area contributed by atoms with Gasteiger partial charge in [0, 0.05) is 20.9 Å². The standard InChI is InChI=1S/C24H21N3O2S/c1-16-7-8-17(2)23(13-16)30-19-11-9-18(10-12-19)26-24(29)15-27-21-6-4-3-5-20(21)22(28)14-25-27/h3-14H,15H2,1-2H3,(H,26,29). The maximum absolute atomic E-state index is 12.5. The highest BCUT2D eigenvalue weighted by molar-refractivity contribution is 7.99. The Labute approximate surface area is 178 Å². The molecule has 0 saturated heterocycles. The van der Waals surface area contributed by atoms with Gasteiger partial charge < -0.3 is 5.32 Å². The Hall–Kier alpha value is -3.38. The molecule has 0 aliphatic carbocycles. The van der Waals surface area contributed by atoms with E-state index in [4.69, 9.17) is 0 Å². The van der Waals surface area contributed by atoms with E-state index in [1.165, 1.54) is 26.9 Å². The topological polar surface area (TPSA) is 64.0 Å². The second kappa shape index (κ2) is 8.55. The second-order valence-corrected chi connectivity index (χ2v) is 8.24. The number of amides is 1. The van der Waals surface area contributed by atoms with Gasteiger partial charge in [0.1, 0.15) is 6.54 Å². The lowest BCUT2D eigenvalue weighted by Crippen LogP contribution is -2.22. The molecule has 0 saturated carbocycles. The first-order chi connectivity index (χ1) is 14.5. The SMILES string of the molecule is Cc1ccc(C)c(Sc2ccc(NC(=O)Cn3ncc(=O)c4ccccc43)cc2)c1. The molecule has 1 amide bonds. The highest BCUT2D eigenvalue weighted by atomic mass is 32.2. The van der Waals surface area contributed by atoms with Crippen LogP contribution in [0.1, 0.15) is 11.1 Å². The highest BCUT2D eigenvalue weighted by Crippen LogP contribution is 2.31. The first kappa shape index (κ1) is 19.9. The van der Waals surface area contributed by atoms with Crippen molar-refractivity contribution in [3.63, 3.8) is 0 Å². The molecule has 0 bridgehead atoms. The minimum Gasteiger partial charge on any atom is -0.324 e. The molecule has 0 aliphatic heterocycles. The van der Waals surface area contributed by atoms with E-state index in [-0.39, 0.29) is 17.9 Å². The number of hydrogen-bond acceptors (Lipinski definition) is 4. The maximum Gasteiger partial charge on any atom is 0.246 e. The predicted molar refractivity (Wildman–Crippen MR) is 121 cm³/mol. The van der Waals surface area contributed by atoms with Gasteiger partial charge in [-0.25, -0.2) is 0 Å². The number of aryl methyl sites for hydroxylation is 2. The zero-order valence-electron chi connectivity index (χ0n) is 16.8. The van der Waals surface area contributed by atoms with Crippen LogP contribution in [0.4, 0.5) is 5.69 Å². The van der Waals surface area contributed by atoms with Crippen molar-refractivity contribution in [2.75, 3.05) is 5.32 Å². The Morgan fingerprint density at radius 1 is 1.03 bits per heavy atom. The van der Waals surface area contributed by atoms with Crippen molar-refractivity contribution >= 4 is 34.3 Å². The molecule has 0 fully saturated rings. The summed E-state index contributed by atoms with van der Waals surface area (Å²) in [6.45, 7) is 4.22. The molecule has 1 N–H and O–H groups in total. The van der Waals surface area contributed by atoms with E-state index in [1.807, 2.05) is 30.3 Å². The van der Waals surface area contributed by atoms with E-state index < -0.39 is 0 Å². The van der Waals surface area contributed by atoms with Crippen LogP contribution < -0.4 is 10.7 Å². The van der Waals surface area contributed by atoms with Crippen molar-refractivity contribution in [1.29, 1.82) is 0 Å². The molecule has 6 heteroatoms. The summed E-state index contributed by atoms with van der Waals surface area (Å²) >= 11 is 1.70. The van der Waals surface area contributed by atoms with Crippen molar-refractivity contribution in [3.05, 3.63) is 94.3 Å². The summed E-state index contributed by atoms with van der Waals surface area (Å²) in [6.07, 6.45) is 1.24. The van der Waals surface area contributed by atoms with Crippen LogP contribution in [0, 0.1) is 13.8 Å². The molecule has 1 heterocycles. The van der Waals surface area contributed by atoms with Crippen LogP contribution in [0.15, 0.2) is 87.5 Å². The van der Waals surface area contributed by atoms with E-state index in [0.717, 1.165) is 10.6 Å². The van der Waals surface area contributed by atoms with Crippen LogP contribution in [0.2, 0.25) is 0 Å². The monoisotopic (exact) mass is 415 g/mol. The number of carbonyl (C=O) groups excluding carboxylic acids is 1. The lowest BCUT2D eigenvalue weighted by molar-refractivity contribution is -0.116. The summed E-state index contributed by atoms with van der Waals surface area (Å²) in [7, 11) is 0. The third-order valence-electron chi connectivity index (χ3n) is 4.76. The summed E-state index contributed by atoms with van der Waals surface area (Å²) in [4.78, 5) is 26.8. The van der Waals surface area contributed by atoms with E-state index in [1.54, 1.807) is 30.0 Å². The van der Waals surface area contributed by atoms with Crippen LogP contribution in [0.5, 0.6) is 0 Å². The Balaban J connectivity index is 1.45. The van der Waals surface area contributed by atoms with Gasteiger partial charge in [-0.3, -0.25) is 14.3 Å². The van der Waals surface area contributed by atoms with Crippen molar-refractivity contribution in [3.8, 4) is 0 Å². The Morgan fingerprint density at radius 3 is 2.60 bits per heavy atom. The molecule has 4 aromatic rings. The predicted octanol–water partition coefficient (Wildman–Crippen LogP) is 4.80. The fraction of sp³-hybridized carbons (Fsp3) is 0.125. The number of aromatic nitrogens is 2. The third kappa shape index (κ3) is 4.44. The van der Waals surface area contributed by atoms with Crippen molar-refractivity contribution in [1.82, 2.24) is 9.78 Å². The Kier molecular flexibility index (Phi) is 5.68. The van der Waals surface area contributed by atoms with Gasteiger partial charge in [-0.15, -0.1) is 0 Å². The first-order valence-corrected chi connectivity index (χ1v) is 10.4. The van der Waals surface area contributed by atoms with Crippen LogP contribution >= 0.6 is 11.8 Å². The molecule has 4 rings (SSSR count). The van der Waals surface area contributed by atoms with Gasteiger partial charge in [0.2, 0.25) is 11.3 Å². The lowest BCUT2D eigenvalue weighted by atomic mass is 10.2. The van der Waals surface area contributed by atoms with Gasteiger partial charge in [-0.2, -0.15) is 5.10 Å². The molecule has 30 heavy (non-hydrogen) atoms. The van der Waals surface area contributed by atoms with E-state index in [2.05, 4.69) is 42.5 Å². The summed E-state index contributed by atoms with van der Waals surface area (Å²) in [5.74, 6) is -0.203. The molecule has 150 valence electrons. The normalized spacial score (nSPS) is 10.9. The summed E-state index contributed by atoms with van der Waals surface area (Å²) in [5.41, 5.74) is 3.68.